The lowest BCUT2D eigenvalue weighted by molar-refractivity contribution is -0.142. The van der Waals surface area contributed by atoms with Crippen LogP contribution in [0, 0.1) is 38.0 Å². The molecule has 9 amide bonds. The molecule has 0 bridgehead atoms. The third kappa shape index (κ3) is 26.7. The van der Waals surface area contributed by atoms with Crippen molar-refractivity contribution in [3.8, 4) is 11.5 Å². The highest BCUT2D eigenvalue weighted by molar-refractivity contribution is 7.90. The van der Waals surface area contributed by atoms with Gasteiger partial charge in [0.15, 0.2) is 0 Å². The number of ether oxygens (including phenoxy) is 3. The van der Waals surface area contributed by atoms with Gasteiger partial charge in [0, 0.05) is 73.7 Å². The third-order valence-corrected chi connectivity index (χ3v) is 25.9. The van der Waals surface area contributed by atoms with Crippen molar-refractivity contribution in [1.82, 2.24) is 77.3 Å². The summed E-state index contributed by atoms with van der Waals surface area (Å²) >= 11 is 0. The number of nitrogens with one attached hydrogen (secondary N) is 13. The zero-order valence-electron chi connectivity index (χ0n) is 79.8. The highest BCUT2D eigenvalue weighted by Gasteiger charge is 2.44. The number of hydrogen-bond acceptors (Lipinski definition) is 18. The first-order valence-electron chi connectivity index (χ1n) is 46.4. The molecule has 0 aliphatic carbocycles. The number of para-hydroxylation sites is 1. The summed E-state index contributed by atoms with van der Waals surface area (Å²) in [6.45, 7) is 28.8. The molecule has 720 valence electrons. The van der Waals surface area contributed by atoms with Crippen LogP contribution in [0.25, 0.3) is 10.9 Å². The fraction of sp³-hybridized carbons (Fsp3) is 0.485. The van der Waals surface area contributed by atoms with E-state index in [0.29, 0.717) is 70.8 Å². The van der Waals surface area contributed by atoms with E-state index in [-0.39, 0.29) is 81.2 Å². The Balaban J connectivity index is 0.866. The molecule has 2 saturated heterocycles. The SMILES string of the molecule is Cc1c(C)c(S(=O)(=O)NC(=N)NCCC[C@H](NC(=O)[C@H](CC(C)C)NC(=O)[C@@H](CC(C)C)NC(=O)[C@H](Cc2ccc(OC(C)(C)C)cc2)NC(=O)[C@H](COC(C)(C)C)NC(=O)[C@H](Cc2c[nH]c3ccccc23)NC(=O)[C@H](Cc2cn(C(c3ccccc3)(c3ccccc3)c3ccccc3)cn2)NC(=O)[C@@H]2CCCN2)C(=O)N2CCC[C@H]2C(=O)NC(C)CC(=O)O)c(C)c2c1OC(C)(C)C2. The molecule has 3 aliphatic rings. The molecule has 8 aromatic rings. The molecule has 2 fully saturated rings. The zero-order chi connectivity index (χ0) is 97.3. The Morgan fingerprint density at radius 2 is 1.13 bits per heavy atom. The molecule has 134 heavy (non-hydrogen) atoms. The number of amides is 9. The number of aromatic nitrogens is 3. The van der Waals surface area contributed by atoms with Gasteiger partial charge in [-0.3, -0.25) is 53.4 Å². The molecular weight excluding hydrogens is 1730 g/mol. The molecule has 11 rings (SSSR count). The molecular formula is C101H134N16O16S. The molecule has 0 saturated carbocycles. The number of carbonyl (C=O) groups excluding carboxylic acids is 9. The molecule has 2 aromatic heterocycles. The van der Waals surface area contributed by atoms with E-state index < -0.39 is 171 Å². The van der Waals surface area contributed by atoms with Gasteiger partial charge in [-0.2, -0.15) is 0 Å². The Hall–Kier alpha value is -12.5. The number of benzene rings is 6. The first-order chi connectivity index (χ1) is 63.4. The van der Waals surface area contributed by atoms with Crippen molar-refractivity contribution in [2.45, 2.75) is 282 Å². The lowest BCUT2D eigenvalue weighted by atomic mass is 9.77. The van der Waals surface area contributed by atoms with Crippen LogP contribution in [-0.2, 0) is 93.9 Å². The number of carboxylic acid groups (broad SMARTS) is 1. The van der Waals surface area contributed by atoms with Crippen molar-refractivity contribution in [3.63, 3.8) is 0 Å². The van der Waals surface area contributed by atoms with Crippen LogP contribution in [0.1, 0.15) is 204 Å². The number of imidazole rings is 1. The summed E-state index contributed by atoms with van der Waals surface area (Å²) in [5.74, 6) is -7.87. The smallest absolute Gasteiger partial charge is 0.305 e. The van der Waals surface area contributed by atoms with Gasteiger partial charge in [0.1, 0.15) is 76.6 Å². The van der Waals surface area contributed by atoms with Gasteiger partial charge in [0.25, 0.3) is 10.0 Å². The Kier molecular flexibility index (Phi) is 33.9. The Morgan fingerprint density at radius 3 is 1.69 bits per heavy atom. The summed E-state index contributed by atoms with van der Waals surface area (Å²) in [5.41, 5.74) is 4.34. The normalized spacial score (nSPS) is 16.7. The van der Waals surface area contributed by atoms with Gasteiger partial charge in [-0.25, -0.2) is 18.1 Å². The highest BCUT2D eigenvalue weighted by Crippen LogP contribution is 2.45. The molecule has 0 radical (unpaired) electrons. The third-order valence-electron chi connectivity index (χ3n) is 24.3. The van der Waals surface area contributed by atoms with Crippen LogP contribution >= 0.6 is 0 Å². The standard InChI is InChI=1S/C101H134N16O16S/c1-60(2)49-78(89(121)108-77(96(128)117-48-30-41-84(117)95(127)107-62(5)51-85(118)119)40-29-47-104-97(102)115-134(129,130)87-64(7)63(6)86-74(65(87)8)55-100(15,16)133-86)109-90(122)79(50-61(3)4)110-91(123)80(52-66-42-44-72(45-43-66)132-99(12,13)14)111-94(126)83(58-131-98(9,10)11)114-92(124)81(53-67-56-105-75-38-27-26-37-73(67)75)112-93(125)82(113-88(120)76-39-28-46-103-76)54-71-57-116(59-106-71)101(68-31-20-17-21-32-68,69-33-22-18-23-34-69)70-35-24-19-25-36-70/h17-27,31-38,42-45,56-57,59-62,76-84,103,105H,28-30,39-41,46-55,58H2,1-16H3,(H,107,127)(H,108,121)(H,109,122)(H,110,123)(H,111,126)(H,112,125)(H,113,120)(H,114,124)(H,118,119)(H3,102,104,115)/t62?,76-,77-,78-,79+,80-,81-,82-,83-,84-/m0/s1. The van der Waals surface area contributed by atoms with Crippen molar-refractivity contribution < 1.29 is 75.7 Å². The second kappa shape index (κ2) is 44.6. The molecule has 3 aliphatic heterocycles. The quantitative estimate of drug-likeness (QED) is 0.00733. The number of guanidine groups is 1. The van der Waals surface area contributed by atoms with Crippen LogP contribution < -0.4 is 67.4 Å². The van der Waals surface area contributed by atoms with E-state index in [1.165, 1.54) is 11.8 Å². The van der Waals surface area contributed by atoms with E-state index in [0.717, 1.165) is 39.6 Å². The summed E-state index contributed by atoms with van der Waals surface area (Å²) < 4.78 is 51.5. The highest BCUT2D eigenvalue weighted by atomic mass is 32.2. The van der Waals surface area contributed by atoms with Gasteiger partial charge >= 0.3 is 5.97 Å². The second-order valence-corrected chi connectivity index (χ2v) is 40.6. The molecule has 1 unspecified atom stereocenters. The summed E-state index contributed by atoms with van der Waals surface area (Å²) in [6, 6.07) is 31.6. The fourth-order valence-corrected chi connectivity index (χ4v) is 19.3. The molecule has 6 aromatic carbocycles. The minimum atomic E-state index is -4.36. The average molecular weight is 1860 g/mol. The second-order valence-electron chi connectivity index (χ2n) is 39.0. The van der Waals surface area contributed by atoms with Crippen molar-refractivity contribution in [2.75, 3.05) is 26.2 Å². The number of carbonyl (C=O) groups is 10. The first kappa shape index (κ1) is 102. The molecule has 10 atom stereocenters. The van der Waals surface area contributed by atoms with Crippen LogP contribution in [0.4, 0.5) is 0 Å². The average Bonchev–Trinajstić information content (AvgIpc) is 1.33. The number of fused-ring (bicyclic) bond motifs is 2. The zero-order valence-corrected chi connectivity index (χ0v) is 80.6. The number of likely N-dealkylation sites (tertiary alicyclic amines) is 1. The van der Waals surface area contributed by atoms with Crippen molar-refractivity contribution in [3.05, 3.63) is 214 Å². The van der Waals surface area contributed by atoms with Crippen LogP contribution in [0.3, 0.4) is 0 Å². The van der Waals surface area contributed by atoms with Crippen LogP contribution in [0.5, 0.6) is 11.5 Å². The fourth-order valence-electron chi connectivity index (χ4n) is 17.8. The molecule has 32 nitrogen and oxygen atoms in total. The van der Waals surface area contributed by atoms with E-state index in [9.17, 15) is 27.9 Å². The van der Waals surface area contributed by atoms with Gasteiger partial charge in [-0.05, 0) is 216 Å². The number of nitrogens with zero attached hydrogens (tertiary/aromatic N) is 3. The maximum Gasteiger partial charge on any atom is 0.305 e. The summed E-state index contributed by atoms with van der Waals surface area (Å²) in [7, 11) is -4.36. The van der Waals surface area contributed by atoms with E-state index >= 15 is 33.6 Å². The molecule has 5 heterocycles. The van der Waals surface area contributed by atoms with E-state index in [1.807, 2.05) is 188 Å². The van der Waals surface area contributed by atoms with E-state index in [4.69, 9.17) is 24.6 Å². The summed E-state index contributed by atoms with van der Waals surface area (Å²) in [6.07, 6.45) is 6.56. The number of hydrogen-bond donors (Lipinski definition) is 14. The minimum absolute atomic E-state index is 0.00419. The molecule has 14 N–H and O–H groups in total. The number of carboxylic acids is 1. The maximum absolute atomic E-state index is 15.8. The van der Waals surface area contributed by atoms with Crippen LogP contribution in [0.2, 0.25) is 0 Å². The van der Waals surface area contributed by atoms with Gasteiger partial charge in [-0.15, -0.1) is 0 Å². The van der Waals surface area contributed by atoms with Crippen molar-refractivity contribution in [1.29, 1.82) is 5.41 Å². The number of H-pyrrole nitrogens is 1. The maximum atomic E-state index is 15.8. The number of aliphatic carboxylic acids is 1. The lowest BCUT2D eigenvalue weighted by Crippen LogP contribution is -2.62. The Bertz CT molecular complexity index is 5510. The van der Waals surface area contributed by atoms with Crippen LogP contribution in [-0.4, -0.2) is 202 Å². The Labute approximate surface area is 785 Å². The monoisotopic (exact) mass is 1860 g/mol. The van der Waals surface area contributed by atoms with Crippen LogP contribution in [0.15, 0.2) is 163 Å². The topological polar surface area (TPSA) is 446 Å². The predicted octanol–water partition coefficient (Wildman–Crippen LogP) is 9.35. The summed E-state index contributed by atoms with van der Waals surface area (Å²) in [5, 5.41) is 48.3. The predicted molar refractivity (Wildman–Crippen MR) is 511 cm³/mol. The van der Waals surface area contributed by atoms with Crippen molar-refractivity contribution in [2.24, 2.45) is 11.8 Å². The van der Waals surface area contributed by atoms with Gasteiger partial charge in [0.2, 0.25) is 59.1 Å². The molecule has 33 heteroatoms. The van der Waals surface area contributed by atoms with Gasteiger partial charge in [0.05, 0.1) is 41.6 Å². The number of rotatable bonds is 42. The van der Waals surface area contributed by atoms with E-state index in [2.05, 4.69) is 62.9 Å². The lowest BCUT2D eigenvalue weighted by Gasteiger charge is -2.37. The van der Waals surface area contributed by atoms with E-state index in [1.54, 1.807) is 78.3 Å². The Morgan fingerprint density at radius 1 is 0.604 bits per heavy atom. The number of sulfonamides is 1. The summed E-state index contributed by atoms with van der Waals surface area (Å²) in [4.78, 5) is 158. The number of aromatic amines is 1. The van der Waals surface area contributed by atoms with Gasteiger partial charge in [-0.1, -0.05) is 149 Å². The minimum Gasteiger partial charge on any atom is -0.488 e. The first-order valence-corrected chi connectivity index (χ1v) is 47.9. The molecule has 0 spiro atoms. The van der Waals surface area contributed by atoms with Gasteiger partial charge < -0.3 is 86.9 Å². The van der Waals surface area contributed by atoms with Crippen molar-refractivity contribution >= 4 is 86.0 Å². The largest absolute Gasteiger partial charge is 0.488 e.